The van der Waals surface area contributed by atoms with Gasteiger partial charge in [0.2, 0.25) is 0 Å². The third-order valence-corrected chi connectivity index (χ3v) is 6.00. The molecule has 156 valence electrons. The number of benzene rings is 1. The fourth-order valence-corrected chi connectivity index (χ4v) is 4.02. The number of nitrogens with zero attached hydrogens (tertiary/aromatic N) is 2. The quantitative estimate of drug-likeness (QED) is 0.515. The molecule has 2 saturated heterocycles. The minimum atomic E-state index is -0.727. The monoisotopic (exact) mass is 388 g/mol. The molecular weight excluding hydrogens is 352 g/mol. The Morgan fingerprint density at radius 1 is 1.25 bits per heavy atom. The number of rotatable bonds is 6. The van der Waals surface area contributed by atoms with Gasteiger partial charge in [-0.25, -0.2) is 0 Å². The largest absolute Gasteiger partial charge is 0.388 e. The van der Waals surface area contributed by atoms with Crippen molar-refractivity contribution in [2.75, 3.05) is 39.4 Å². The third-order valence-electron chi connectivity index (χ3n) is 6.00. The van der Waals surface area contributed by atoms with E-state index in [0.717, 1.165) is 38.4 Å². The van der Waals surface area contributed by atoms with Crippen molar-refractivity contribution in [3.63, 3.8) is 0 Å². The zero-order valence-corrected chi connectivity index (χ0v) is 17.4. The van der Waals surface area contributed by atoms with E-state index in [1.165, 1.54) is 5.56 Å². The molecular formula is C22H36N4O2. The highest BCUT2D eigenvalue weighted by molar-refractivity contribution is 5.80. The third kappa shape index (κ3) is 5.93. The lowest BCUT2D eigenvalue weighted by molar-refractivity contribution is -0.0566. The summed E-state index contributed by atoms with van der Waals surface area (Å²) in [5, 5.41) is 17.6. The number of hydrogen-bond acceptors (Lipinski definition) is 4. The van der Waals surface area contributed by atoms with Crippen LogP contribution >= 0.6 is 0 Å². The van der Waals surface area contributed by atoms with E-state index in [2.05, 4.69) is 64.7 Å². The number of hydrogen-bond donors (Lipinski definition) is 3. The van der Waals surface area contributed by atoms with E-state index in [4.69, 9.17) is 4.74 Å². The van der Waals surface area contributed by atoms with Gasteiger partial charge in [0.15, 0.2) is 5.96 Å². The molecule has 2 heterocycles. The summed E-state index contributed by atoms with van der Waals surface area (Å²) in [7, 11) is 0. The Labute approximate surface area is 169 Å². The normalized spacial score (nSPS) is 22.6. The molecule has 6 nitrogen and oxygen atoms in total. The number of ether oxygens (including phenoxy) is 1. The maximum Gasteiger partial charge on any atom is 0.191 e. The van der Waals surface area contributed by atoms with Gasteiger partial charge in [-0.3, -0.25) is 9.89 Å². The number of nitrogens with one attached hydrogen (secondary N) is 2. The van der Waals surface area contributed by atoms with Crippen molar-refractivity contribution in [1.82, 2.24) is 15.5 Å². The van der Waals surface area contributed by atoms with Crippen LogP contribution in [0, 0.1) is 0 Å². The van der Waals surface area contributed by atoms with Crippen LogP contribution in [0.15, 0.2) is 35.3 Å². The molecule has 3 N–H and O–H groups in total. The summed E-state index contributed by atoms with van der Waals surface area (Å²) < 4.78 is 5.36. The zero-order valence-electron chi connectivity index (χ0n) is 17.4. The van der Waals surface area contributed by atoms with Crippen LogP contribution in [0.25, 0.3) is 0 Å². The summed E-state index contributed by atoms with van der Waals surface area (Å²) in [6.45, 7) is 9.01. The van der Waals surface area contributed by atoms with Crippen molar-refractivity contribution in [1.29, 1.82) is 0 Å². The van der Waals surface area contributed by atoms with Crippen LogP contribution in [0.3, 0.4) is 0 Å². The van der Waals surface area contributed by atoms with Gasteiger partial charge in [-0.15, -0.1) is 0 Å². The van der Waals surface area contributed by atoms with E-state index >= 15 is 0 Å². The summed E-state index contributed by atoms with van der Waals surface area (Å²) in [6, 6.07) is 11.6. The molecule has 2 fully saturated rings. The second-order valence-electron chi connectivity index (χ2n) is 8.07. The Morgan fingerprint density at radius 2 is 1.93 bits per heavy atom. The number of aliphatic imine (C=N–C) groups is 1. The van der Waals surface area contributed by atoms with Crippen LogP contribution in [-0.2, 0) is 4.74 Å². The highest BCUT2D eigenvalue weighted by Gasteiger charge is 2.30. The fourth-order valence-electron chi connectivity index (χ4n) is 4.02. The van der Waals surface area contributed by atoms with E-state index in [1.807, 2.05) is 0 Å². The van der Waals surface area contributed by atoms with E-state index in [9.17, 15) is 5.11 Å². The Bertz CT molecular complexity index is 608. The lowest BCUT2D eigenvalue weighted by atomic mass is 9.95. The Morgan fingerprint density at radius 3 is 2.57 bits per heavy atom. The molecule has 1 aromatic rings. The molecule has 2 aliphatic rings. The summed E-state index contributed by atoms with van der Waals surface area (Å²) in [4.78, 5) is 7.24. The molecule has 2 aliphatic heterocycles. The average Bonchev–Trinajstić information content (AvgIpc) is 2.73. The van der Waals surface area contributed by atoms with Crippen molar-refractivity contribution in [3.8, 4) is 0 Å². The molecule has 1 unspecified atom stereocenters. The van der Waals surface area contributed by atoms with Crippen LogP contribution in [0.4, 0.5) is 0 Å². The average molecular weight is 389 g/mol. The molecule has 1 aromatic carbocycles. The maximum absolute atomic E-state index is 10.6. The second-order valence-corrected chi connectivity index (χ2v) is 8.07. The van der Waals surface area contributed by atoms with Gasteiger partial charge in [0.25, 0.3) is 0 Å². The molecule has 0 aromatic heterocycles. The predicted molar refractivity (Wildman–Crippen MR) is 114 cm³/mol. The van der Waals surface area contributed by atoms with Gasteiger partial charge < -0.3 is 20.5 Å². The number of guanidine groups is 1. The number of likely N-dealkylation sites (tertiary alicyclic amines) is 1. The van der Waals surface area contributed by atoms with Gasteiger partial charge in [-0.1, -0.05) is 30.3 Å². The van der Waals surface area contributed by atoms with Gasteiger partial charge >= 0.3 is 0 Å². The molecule has 0 saturated carbocycles. The topological polar surface area (TPSA) is 69.1 Å². The molecule has 28 heavy (non-hydrogen) atoms. The fraction of sp³-hybridized carbons (Fsp3) is 0.682. The summed E-state index contributed by atoms with van der Waals surface area (Å²) in [5.74, 6) is 0.817. The molecule has 6 heteroatoms. The molecule has 0 bridgehead atoms. The first kappa shape index (κ1) is 21.1. The van der Waals surface area contributed by atoms with Gasteiger partial charge in [-0.05, 0) is 32.3 Å². The van der Waals surface area contributed by atoms with E-state index in [-0.39, 0.29) is 0 Å². The van der Waals surface area contributed by atoms with Crippen molar-refractivity contribution in [3.05, 3.63) is 35.9 Å². The first-order valence-electron chi connectivity index (χ1n) is 10.7. The second kappa shape index (κ2) is 10.2. The van der Waals surface area contributed by atoms with Crippen molar-refractivity contribution in [2.24, 2.45) is 4.99 Å². The predicted octanol–water partition coefficient (Wildman–Crippen LogP) is 2.31. The van der Waals surface area contributed by atoms with E-state index < -0.39 is 5.60 Å². The SMILES string of the molecule is CCNC(=NCC1(O)CCOCC1)NC1CCN(C(C)c2ccccc2)CC1. The number of aliphatic hydroxyl groups is 1. The summed E-state index contributed by atoms with van der Waals surface area (Å²) >= 11 is 0. The van der Waals surface area contributed by atoms with Crippen LogP contribution in [0.1, 0.15) is 51.1 Å². The van der Waals surface area contributed by atoms with E-state index in [1.54, 1.807) is 0 Å². The highest BCUT2D eigenvalue weighted by Crippen LogP contribution is 2.24. The van der Waals surface area contributed by atoms with Crippen LogP contribution < -0.4 is 10.6 Å². The Kier molecular flexibility index (Phi) is 7.71. The molecule has 1 atom stereocenters. The van der Waals surface area contributed by atoms with Crippen molar-refractivity contribution < 1.29 is 9.84 Å². The van der Waals surface area contributed by atoms with E-state index in [0.29, 0.717) is 44.7 Å². The molecule has 0 radical (unpaired) electrons. The molecule has 3 rings (SSSR count). The van der Waals surface area contributed by atoms with Gasteiger partial charge in [0.05, 0.1) is 12.1 Å². The minimum Gasteiger partial charge on any atom is -0.388 e. The van der Waals surface area contributed by atoms with Crippen LogP contribution in [0.2, 0.25) is 0 Å². The zero-order chi connectivity index (χ0) is 19.8. The van der Waals surface area contributed by atoms with Gasteiger partial charge in [0.1, 0.15) is 0 Å². The maximum atomic E-state index is 10.6. The van der Waals surface area contributed by atoms with Crippen LogP contribution in [-0.4, -0.2) is 67.0 Å². The summed E-state index contributed by atoms with van der Waals surface area (Å²) in [6.07, 6.45) is 3.51. The molecule has 0 amide bonds. The Hall–Kier alpha value is -1.63. The first-order valence-corrected chi connectivity index (χ1v) is 10.7. The van der Waals surface area contributed by atoms with Crippen molar-refractivity contribution >= 4 is 5.96 Å². The number of piperidine rings is 1. The standard InChI is InChI=1S/C22H36N4O2/c1-3-23-21(24-17-22(27)11-15-28-16-12-22)25-20-9-13-26(14-10-20)18(2)19-7-5-4-6-8-19/h4-8,18,20,27H,3,9-17H2,1-2H3,(H2,23,24,25). The van der Waals surface area contributed by atoms with Gasteiger partial charge in [0, 0.05) is 57.8 Å². The van der Waals surface area contributed by atoms with Crippen molar-refractivity contribution in [2.45, 2.75) is 57.2 Å². The minimum absolute atomic E-state index is 0.418. The molecule has 0 aliphatic carbocycles. The lowest BCUT2D eigenvalue weighted by Crippen LogP contribution is -2.49. The lowest BCUT2D eigenvalue weighted by Gasteiger charge is -2.37. The first-order chi connectivity index (χ1) is 13.6. The Balaban J connectivity index is 1.50. The molecule has 0 spiro atoms. The summed E-state index contributed by atoms with van der Waals surface area (Å²) in [5.41, 5.74) is 0.656. The smallest absolute Gasteiger partial charge is 0.191 e. The van der Waals surface area contributed by atoms with Gasteiger partial charge in [-0.2, -0.15) is 0 Å². The van der Waals surface area contributed by atoms with Crippen LogP contribution in [0.5, 0.6) is 0 Å². The highest BCUT2D eigenvalue weighted by atomic mass is 16.5.